The zero-order chi connectivity index (χ0) is 15.8. The average molecular weight is 307 g/mol. The van der Waals surface area contributed by atoms with Crippen molar-refractivity contribution >= 4 is 5.91 Å². The third-order valence-electron chi connectivity index (χ3n) is 3.66. The second kappa shape index (κ2) is 8.85. The van der Waals surface area contributed by atoms with E-state index in [0.29, 0.717) is 13.2 Å². The number of hydrogen-bond acceptors (Lipinski definition) is 5. The largest absolute Gasteiger partial charge is 0.383 e. The van der Waals surface area contributed by atoms with Crippen molar-refractivity contribution in [3.8, 4) is 0 Å². The highest BCUT2D eigenvalue weighted by molar-refractivity contribution is 5.81. The smallest absolute Gasteiger partial charge is 0.239 e. The van der Waals surface area contributed by atoms with Crippen LogP contribution in [0, 0.1) is 0 Å². The molecule has 1 aliphatic rings. The number of methoxy groups -OCH3 is 1. The highest BCUT2D eigenvalue weighted by Gasteiger charge is 2.22. The summed E-state index contributed by atoms with van der Waals surface area (Å²) in [6.45, 7) is 3.98. The monoisotopic (exact) mass is 307 g/mol. The first kappa shape index (κ1) is 16.9. The normalized spacial score (nSPS) is 20.5. The molecule has 2 unspecified atom stereocenters. The van der Waals surface area contributed by atoms with Gasteiger partial charge in [0.2, 0.25) is 5.91 Å². The summed E-state index contributed by atoms with van der Waals surface area (Å²) in [6, 6.07) is 9.72. The zero-order valence-electron chi connectivity index (χ0n) is 13.0. The molecule has 0 radical (unpaired) electrons. The van der Waals surface area contributed by atoms with Crippen LogP contribution < -0.4 is 11.1 Å². The van der Waals surface area contributed by atoms with Crippen LogP contribution in [0.25, 0.3) is 0 Å². The summed E-state index contributed by atoms with van der Waals surface area (Å²) < 4.78 is 10.6. The molecule has 0 aromatic heterocycles. The quantitative estimate of drug-likeness (QED) is 0.740. The minimum atomic E-state index is -0.631. The number of nitrogens with two attached hydrogens (primary N) is 1. The Balaban J connectivity index is 1.75. The van der Waals surface area contributed by atoms with Gasteiger partial charge in [-0.15, -0.1) is 0 Å². The second-order valence-electron chi connectivity index (χ2n) is 5.52. The first-order valence-electron chi connectivity index (χ1n) is 7.59. The van der Waals surface area contributed by atoms with Crippen molar-refractivity contribution in [2.75, 3.05) is 40.0 Å². The first-order chi connectivity index (χ1) is 10.7. The molecule has 122 valence electrons. The summed E-state index contributed by atoms with van der Waals surface area (Å²) in [5.74, 6) is -0.203. The summed E-state index contributed by atoms with van der Waals surface area (Å²) >= 11 is 0. The molecule has 2 rings (SSSR count). The molecule has 1 heterocycles. The Kier molecular flexibility index (Phi) is 6.79. The van der Waals surface area contributed by atoms with E-state index in [1.54, 1.807) is 0 Å². The minimum Gasteiger partial charge on any atom is -0.383 e. The first-order valence-corrected chi connectivity index (χ1v) is 7.59. The maximum atomic E-state index is 11.8. The van der Waals surface area contributed by atoms with Gasteiger partial charge < -0.3 is 20.5 Å². The fraction of sp³-hybridized carbons (Fsp3) is 0.562. The molecule has 6 heteroatoms. The molecule has 1 saturated heterocycles. The molecule has 1 amide bonds. The Hall–Kier alpha value is -1.47. The van der Waals surface area contributed by atoms with Crippen LogP contribution in [0.4, 0.5) is 0 Å². The van der Waals surface area contributed by atoms with Crippen LogP contribution in [0.15, 0.2) is 30.3 Å². The number of ether oxygens (including phenoxy) is 2. The van der Waals surface area contributed by atoms with Crippen molar-refractivity contribution in [1.29, 1.82) is 0 Å². The van der Waals surface area contributed by atoms with Crippen molar-refractivity contribution in [1.82, 2.24) is 10.2 Å². The van der Waals surface area contributed by atoms with E-state index in [9.17, 15) is 4.79 Å². The van der Waals surface area contributed by atoms with E-state index in [2.05, 4.69) is 22.3 Å². The number of rotatable bonds is 7. The summed E-state index contributed by atoms with van der Waals surface area (Å²) in [5.41, 5.74) is 6.97. The van der Waals surface area contributed by atoms with E-state index in [1.807, 2.05) is 18.2 Å². The maximum absolute atomic E-state index is 11.8. The van der Waals surface area contributed by atoms with Crippen molar-refractivity contribution < 1.29 is 14.3 Å². The molecule has 6 nitrogen and oxygen atoms in total. The summed E-state index contributed by atoms with van der Waals surface area (Å²) in [7, 11) is 1.53. The predicted molar refractivity (Wildman–Crippen MR) is 84.3 cm³/mol. The molecule has 2 atom stereocenters. The van der Waals surface area contributed by atoms with Gasteiger partial charge >= 0.3 is 0 Å². The van der Waals surface area contributed by atoms with Crippen molar-refractivity contribution in [3.63, 3.8) is 0 Å². The fourth-order valence-electron chi connectivity index (χ4n) is 2.49. The van der Waals surface area contributed by atoms with Gasteiger partial charge in [-0.1, -0.05) is 30.3 Å². The molecule has 1 aromatic carbocycles. The number of amides is 1. The number of benzene rings is 1. The average Bonchev–Trinajstić information content (AvgIpc) is 2.54. The van der Waals surface area contributed by atoms with Gasteiger partial charge in [-0.2, -0.15) is 0 Å². The Bertz CT molecular complexity index is 455. The number of carbonyl (C=O) groups excluding carboxylic acids is 1. The summed E-state index contributed by atoms with van der Waals surface area (Å²) in [4.78, 5) is 14.1. The van der Waals surface area contributed by atoms with Gasteiger partial charge in [-0.3, -0.25) is 9.69 Å². The molecular weight excluding hydrogens is 282 g/mol. The lowest BCUT2D eigenvalue weighted by molar-refractivity contribution is -0.124. The Morgan fingerprint density at radius 3 is 3.00 bits per heavy atom. The topological polar surface area (TPSA) is 76.8 Å². The van der Waals surface area contributed by atoms with Crippen molar-refractivity contribution in [3.05, 3.63) is 35.9 Å². The maximum Gasteiger partial charge on any atom is 0.239 e. The van der Waals surface area contributed by atoms with Gasteiger partial charge in [0, 0.05) is 33.3 Å². The number of hydrogen-bond donors (Lipinski definition) is 2. The second-order valence-corrected chi connectivity index (χ2v) is 5.52. The number of nitrogens with zero attached hydrogens (tertiary/aromatic N) is 1. The fourth-order valence-corrected chi connectivity index (χ4v) is 2.49. The van der Waals surface area contributed by atoms with Crippen LogP contribution in [0.3, 0.4) is 0 Å². The van der Waals surface area contributed by atoms with Gasteiger partial charge in [0.1, 0.15) is 6.04 Å². The van der Waals surface area contributed by atoms with Gasteiger partial charge in [-0.25, -0.2) is 0 Å². The lowest BCUT2D eigenvalue weighted by Gasteiger charge is -2.33. The minimum absolute atomic E-state index is 0.00356. The van der Waals surface area contributed by atoms with E-state index in [4.69, 9.17) is 15.2 Å². The molecule has 1 aromatic rings. The van der Waals surface area contributed by atoms with E-state index in [1.165, 1.54) is 12.7 Å². The molecule has 0 aliphatic carbocycles. The van der Waals surface area contributed by atoms with Crippen LogP contribution in [0.2, 0.25) is 0 Å². The third-order valence-corrected chi connectivity index (χ3v) is 3.66. The van der Waals surface area contributed by atoms with E-state index in [-0.39, 0.29) is 18.6 Å². The Labute approximate surface area is 131 Å². The molecule has 3 N–H and O–H groups in total. The van der Waals surface area contributed by atoms with Crippen LogP contribution in [0.1, 0.15) is 5.56 Å². The van der Waals surface area contributed by atoms with Crippen LogP contribution in [-0.4, -0.2) is 62.9 Å². The highest BCUT2D eigenvalue weighted by atomic mass is 16.5. The molecule has 0 spiro atoms. The van der Waals surface area contributed by atoms with Gasteiger partial charge in [-0.05, 0) is 5.56 Å². The van der Waals surface area contributed by atoms with Gasteiger partial charge in [0.25, 0.3) is 0 Å². The number of morpholine rings is 1. The van der Waals surface area contributed by atoms with Crippen LogP contribution >= 0.6 is 0 Å². The molecule has 1 aliphatic heterocycles. The van der Waals surface area contributed by atoms with E-state index in [0.717, 1.165) is 19.6 Å². The highest BCUT2D eigenvalue weighted by Crippen LogP contribution is 2.10. The third kappa shape index (κ3) is 5.38. The van der Waals surface area contributed by atoms with Crippen molar-refractivity contribution in [2.24, 2.45) is 5.73 Å². The summed E-state index contributed by atoms with van der Waals surface area (Å²) in [6.07, 6.45) is -0.00356. The lowest BCUT2D eigenvalue weighted by atomic mass is 10.2. The van der Waals surface area contributed by atoms with Crippen molar-refractivity contribution in [2.45, 2.75) is 18.7 Å². The SMILES string of the molecule is COCC(N)C(=O)NCC1CN(Cc2ccccc2)CCO1. The standard InChI is InChI=1S/C16H25N3O3/c1-21-12-15(17)16(20)18-9-14-11-19(7-8-22-14)10-13-5-3-2-4-6-13/h2-6,14-15H,7-12,17H2,1H3,(H,18,20). The predicted octanol–water partition coefficient (Wildman–Crippen LogP) is -0.0227. The molecule has 0 bridgehead atoms. The van der Waals surface area contributed by atoms with Gasteiger partial charge in [0.05, 0.1) is 19.3 Å². The van der Waals surface area contributed by atoms with Crippen LogP contribution in [-0.2, 0) is 20.8 Å². The van der Waals surface area contributed by atoms with Gasteiger partial charge in [0.15, 0.2) is 0 Å². The molecule has 22 heavy (non-hydrogen) atoms. The van der Waals surface area contributed by atoms with E-state index < -0.39 is 6.04 Å². The lowest BCUT2D eigenvalue weighted by Crippen LogP contribution is -2.50. The molecule has 1 fully saturated rings. The summed E-state index contributed by atoms with van der Waals surface area (Å²) in [5, 5.41) is 2.83. The molecular formula is C16H25N3O3. The molecule has 0 saturated carbocycles. The number of carbonyl (C=O) groups is 1. The van der Waals surface area contributed by atoms with E-state index >= 15 is 0 Å². The Morgan fingerprint density at radius 2 is 2.27 bits per heavy atom. The zero-order valence-corrected chi connectivity index (χ0v) is 13.0. The number of nitrogens with one attached hydrogen (secondary N) is 1. The van der Waals surface area contributed by atoms with Crippen LogP contribution in [0.5, 0.6) is 0 Å². The Morgan fingerprint density at radius 1 is 1.50 bits per heavy atom.